The van der Waals surface area contributed by atoms with Crippen molar-refractivity contribution < 1.29 is 14.5 Å². The smallest absolute Gasteiger partial charge is 0.284 e. The third-order valence-corrected chi connectivity index (χ3v) is 3.15. The highest BCUT2D eigenvalue weighted by Gasteiger charge is 2.19. The normalized spacial score (nSPS) is 9.84. The standard InChI is InChI=1S/C11H12BrN3O4/c1-14(2)9(16)6-13-11(17)7-4-3-5-8(10(7)12)15(18)19/h3-5H,6H2,1-2H3,(H,13,17). The Morgan fingerprint density at radius 3 is 2.58 bits per heavy atom. The molecule has 0 aliphatic rings. The lowest BCUT2D eigenvalue weighted by atomic mass is 10.2. The molecule has 19 heavy (non-hydrogen) atoms. The number of hydrogen-bond acceptors (Lipinski definition) is 4. The molecule has 0 aliphatic carbocycles. The summed E-state index contributed by atoms with van der Waals surface area (Å²) in [6, 6.07) is 4.13. The van der Waals surface area contributed by atoms with Gasteiger partial charge in [0.05, 0.1) is 17.0 Å². The third-order valence-electron chi connectivity index (χ3n) is 2.32. The van der Waals surface area contributed by atoms with Gasteiger partial charge in [-0.1, -0.05) is 6.07 Å². The molecule has 0 bridgehead atoms. The molecule has 7 nitrogen and oxygen atoms in total. The van der Waals surface area contributed by atoms with Crippen molar-refractivity contribution in [3.05, 3.63) is 38.3 Å². The Balaban J connectivity index is 2.86. The molecule has 0 fully saturated rings. The fraction of sp³-hybridized carbons (Fsp3) is 0.273. The maximum absolute atomic E-state index is 11.8. The lowest BCUT2D eigenvalue weighted by Crippen LogP contribution is -2.36. The van der Waals surface area contributed by atoms with Crippen LogP contribution in [0.15, 0.2) is 22.7 Å². The monoisotopic (exact) mass is 329 g/mol. The van der Waals surface area contributed by atoms with E-state index in [-0.39, 0.29) is 28.2 Å². The van der Waals surface area contributed by atoms with E-state index in [4.69, 9.17) is 0 Å². The Kier molecular flexibility index (Phi) is 4.99. The molecule has 0 unspecified atom stereocenters. The van der Waals surface area contributed by atoms with Crippen LogP contribution >= 0.6 is 15.9 Å². The van der Waals surface area contributed by atoms with Gasteiger partial charge in [-0.2, -0.15) is 0 Å². The molecular weight excluding hydrogens is 318 g/mol. The number of nitro groups is 1. The van der Waals surface area contributed by atoms with E-state index >= 15 is 0 Å². The first-order valence-corrected chi connectivity index (χ1v) is 6.05. The van der Waals surface area contributed by atoms with Crippen LogP contribution in [0.1, 0.15) is 10.4 Å². The first-order valence-electron chi connectivity index (χ1n) is 5.26. The van der Waals surface area contributed by atoms with Gasteiger partial charge in [0.2, 0.25) is 5.91 Å². The fourth-order valence-corrected chi connectivity index (χ4v) is 1.83. The molecule has 0 heterocycles. The van der Waals surface area contributed by atoms with Crippen LogP contribution in [0.25, 0.3) is 0 Å². The van der Waals surface area contributed by atoms with E-state index in [1.807, 2.05) is 0 Å². The second-order valence-electron chi connectivity index (χ2n) is 3.87. The van der Waals surface area contributed by atoms with E-state index in [0.717, 1.165) is 0 Å². The van der Waals surface area contributed by atoms with Crippen molar-refractivity contribution in [2.75, 3.05) is 20.6 Å². The van der Waals surface area contributed by atoms with Crippen LogP contribution in [0.5, 0.6) is 0 Å². The Hall–Kier alpha value is -1.96. The molecule has 0 radical (unpaired) electrons. The van der Waals surface area contributed by atoms with Gasteiger partial charge in [-0.25, -0.2) is 0 Å². The molecule has 0 atom stereocenters. The molecule has 1 rings (SSSR count). The summed E-state index contributed by atoms with van der Waals surface area (Å²) in [6.07, 6.45) is 0. The van der Waals surface area contributed by atoms with E-state index in [1.54, 1.807) is 14.1 Å². The molecule has 0 aromatic heterocycles. The molecule has 0 spiro atoms. The van der Waals surface area contributed by atoms with Crippen molar-refractivity contribution in [1.29, 1.82) is 0 Å². The number of amides is 2. The Morgan fingerprint density at radius 2 is 2.05 bits per heavy atom. The van der Waals surface area contributed by atoms with Gasteiger partial charge in [-0.05, 0) is 22.0 Å². The van der Waals surface area contributed by atoms with Gasteiger partial charge in [0.25, 0.3) is 11.6 Å². The van der Waals surface area contributed by atoms with Gasteiger partial charge >= 0.3 is 0 Å². The first-order chi connectivity index (χ1) is 8.84. The van der Waals surface area contributed by atoms with Gasteiger partial charge in [-0.15, -0.1) is 0 Å². The lowest BCUT2D eigenvalue weighted by molar-refractivity contribution is -0.385. The first kappa shape index (κ1) is 15.1. The van der Waals surface area contributed by atoms with Crippen LogP contribution < -0.4 is 5.32 Å². The number of hydrogen-bond donors (Lipinski definition) is 1. The van der Waals surface area contributed by atoms with Gasteiger partial charge < -0.3 is 10.2 Å². The number of rotatable bonds is 4. The topological polar surface area (TPSA) is 92.6 Å². The summed E-state index contributed by atoms with van der Waals surface area (Å²) in [6.45, 7) is -0.166. The Bertz CT molecular complexity index is 531. The molecule has 1 aromatic carbocycles. The molecule has 0 saturated carbocycles. The highest BCUT2D eigenvalue weighted by Crippen LogP contribution is 2.28. The number of nitrogens with zero attached hydrogens (tertiary/aromatic N) is 2. The van der Waals surface area contributed by atoms with Crippen LogP contribution in [0, 0.1) is 10.1 Å². The summed E-state index contributed by atoms with van der Waals surface area (Å²) >= 11 is 3.02. The molecule has 0 saturated heterocycles. The van der Waals surface area contributed by atoms with Crippen molar-refractivity contribution in [1.82, 2.24) is 10.2 Å². The zero-order valence-corrected chi connectivity index (χ0v) is 11.9. The van der Waals surface area contributed by atoms with Crippen LogP contribution in [0.3, 0.4) is 0 Å². The average Bonchev–Trinajstić information content (AvgIpc) is 2.35. The number of benzene rings is 1. The van der Waals surface area contributed by atoms with Crippen LogP contribution in [-0.4, -0.2) is 42.3 Å². The largest absolute Gasteiger partial charge is 0.347 e. The molecule has 8 heteroatoms. The summed E-state index contributed by atoms with van der Waals surface area (Å²) in [4.78, 5) is 34.6. The van der Waals surface area contributed by atoms with Crippen molar-refractivity contribution in [3.8, 4) is 0 Å². The van der Waals surface area contributed by atoms with Gasteiger partial charge in [0, 0.05) is 20.2 Å². The van der Waals surface area contributed by atoms with Crippen molar-refractivity contribution in [3.63, 3.8) is 0 Å². The van der Waals surface area contributed by atoms with Gasteiger partial charge in [0.15, 0.2) is 0 Å². The molecule has 1 N–H and O–H groups in total. The summed E-state index contributed by atoms with van der Waals surface area (Å²) in [5, 5.41) is 13.1. The number of carbonyl (C=O) groups excluding carboxylic acids is 2. The quantitative estimate of drug-likeness (QED) is 0.663. The second-order valence-corrected chi connectivity index (χ2v) is 4.66. The predicted octanol–water partition coefficient (Wildman–Crippen LogP) is 1.18. The maximum atomic E-state index is 11.8. The number of carbonyl (C=O) groups is 2. The maximum Gasteiger partial charge on any atom is 0.284 e. The molecule has 2 amide bonds. The minimum atomic E-state index is -0.591. The minimum Gasteiger partial charge on any atom is -0.347 e. The Morgan fingerprint density at radius 1 is 1.42 bits per heavy atom. The molecular formula is C11H12BrN3O4. The van der Waals surface area contributed by atoms with Crippen molar-refractivity contribution >= 4 is 33.4 Å². The average molecular weight is 330 g/mol. The van der Waals surface area contributed by atoms with E-state index in [9.17, 15) is 19.7 Å². The van der Waals surface area contributed by atoms with Crippen molar-refractivity contribution in [2.45, 2.75) is 0 Å². The van der Waals surface area contributed by atoms with E-state index in [2.05, 4.69) is 21.2 Å². The van der Waals surface area contributed by atoms with Gasteiger partial charge in [0.1, 0.15) is 4.47 Å². The molecule has 1 aromatic rings. The van der Waals surface area contributed by atoms with Crippen LogP contribution in [0.2, 0.25) is 0 Å². The number of likely N-dealkylation sites (N-methyl/N-ethyl adjacent to an activating group) is 1. The summed E-state index contributed by atoms with van der Waals surface area (Å²) in [5.41, 5.74) is -0.0904. The van der Waals surface area contributed by atoms with Crippen LogP contribution in [-0.2, 0) is 4.79 Å². The van der Waals surface area contributed by atoms with Crippen molar-refractivity contribution in [2.24, 2.45) is 0 Å². The van der Waals surface area contributed by atoms with E-state index in [1.165, 1.54) is 23.1 Å². The Labute approximate surface area is 117 Å². The highest BCUT2D eigenvalue weighted by atomic mass is 79.9. The van der Waals surface area contributed by atoms with Gasteiger partial charge in [-0.3, -0.25) is 19.7 Å². The summed E-state index contributed by atoms with van der Waals surface area (Å²) in [7, 11) is 3.13. The predicted molar refractivity (Wildman–Crippen MR) is 71.8 cm³/mol. The summed E-state index contributed by atoms with van der Waals surface area (Å²) in [5.74, 6) is -0.819. The van der Waals surface area contributed by atoms with E-state index < -0.39 is 10.8 Å². The summed E-state index contributed by atoms with van der Waals surface area (Å²) < 4.78 is 0.0924. The number of nitrogens with one attached hydrogen (secondary N) is 1. The highest BCUT2D eigenvalue weighted by molar-refractivity contribution is 9.10. The zero-order chi connectivity index (χ0) is 14.6. The van der Waals surface area contributed by atoms with Crippen LogP contribution in [0.4, 0.5) is 5.69 Å². The number of halogens is 1. The number of nitro benzene ring substituents is 1. The second kappa shape index (κ2) is 6.28. The SMILES string of the molecule is CN(C)C(=O)CNC(=O)c1cccc([N+](=O)[O-])c1Br. The lowest BCUT2D eigenvalue weighted by Gasteiger charge is -2.11. The minimum absolute atomic E-state index is 0.0924. The zero-order valence-electron chi connectivity index (χ0n) is 10.3. The third kappa shape index (κ3) is 3.75. The molecule has 0 aliphatic heterocycles. The fourth-order valence-electron chi connectivity index (χ4n) is 1.25. The molecule has 102 valence electrons. The van der Waals surface area contributed by atoms with E-state index in [0.29, 0.717) is 0 Å².